The highest BCUT2D eigenvalue weighted by Gasteiger charge is 2.22. The molecule has 2 nitrogen and oxygen atoms in total. The zero-order chi connectivity index (χ0) is 22.8. The summed E-state index contributed by atoms with van der Waals surface area (Å²) in [6.45, 7) is 0. The second-order valence-corrected chi connectivity index (χ2v) is 9.82. The first-order valence-corrected chi connectivity index (χ1v) is 12.2. The molecule has 6 aromatic carbocycles. The standard InChI is InChI=1S/C33H20N2/c1-34-26-13-6-12-23-25-18-20-9-3-4-10-21(20)29-24-17-16-19-8-2-5-11-22(19)32(24)35(33(25)29)28-15-7-14-27(34)31(28)30(23)26/h2-18H,1H3. The second kappa shape index (κ2) is 5.92. The summed E-state index contributed by atoms with van der Waals surface area (Å²) in [5, 5.41) is 13.2. The minimum absolute atomic E-state index is 1.27. The Balaban J connectivity index is 1.82. The van der Waals surface area contributed by atoms with Crippen LogP contribution in [0.2, 0.25) is 0 Å². The van der Waals surface area contributed by atoms with Crippen molar-refractivity contribution in [2.75, 3.05) is 0 Å². The number of fused-ring (bicyclic) bond motifs is 9. The number of hydrogen-bond acceptors (Lipinski definition) is 0. The molecular weight excluding hydrogens is 424 g/mol. The fourth-order valence-electron chi connectivity index (χ4n) is 6.78. The van der Waals surface area contributed by atoms with Crippen molar-refractivity contribution >= 4 is 81.4 Å². The lowest BCUT2D eigenvalue weighted by molar-refractivity contribution is 1.01. The summed E-state index contributed by atoms with van der Waals surface area (Å²) in [7, 11) is 2.19. The maximum atomic E-state index is 2.57. The quantitative estimate of drug-likeness (QED) is 0.221. The van der Waals surface area contributed by atoms with Crippen molar-refractivity contribution in [1.29, 1.82) is 0 Å². The number of hydrogen-bond donors (Lipinski definition) is 0. The third kappa shape index (κ3) is 1.96. The van der Waals surface area contributed by atoms with Crippen LogP contribution in [0.25, 0.3) is 81.4 Å². The van der Waals surface area contributed by atoms with Gasteiger partial charge in [0.15, 0.2) is 0 Å². The topological polar surface area (TPSA) is 9.34 Å². The Kier molecular flexibility index (Phi) is 3.02. The molecule has 0 atom stereocenters. The Morgan fingerprint density at radius 1 is 0.429 bits per heavy atom. The number of nitrogens with zero attached hydrogens (tertiary/aromatic N) is 2. The Hall–Kier alpha value is -4.56. The van der Waals surface area contributed by atoms with Gasteiger partial charge < -0.3 is 8.97 Å². The lowest BCUT2D eigenvalue weighted by Crippen LogP contribution is -1.89. The predicted octanol–water partition coefficient (Wildman–Crippen LogP) is 8.79. The van der Waals surface area contributed by atoms with E-state index < -0.39 is 0 Å². The SMILES string of the molecule is Cn1c2cccc3c4cc5ccccc5c5c6ccc7ccccc7c6n(c6cccc1c6c32)c45. The van der Waals surface area contributed by atoms with Gasteiger partial charge in [0.25, 0.3) is 0 Å². The second-order valence-electron chi connectivity index (χ2n) is 9.82. The van der Waals surface area contributed by atoms with Gasteiger partial charge in [0.05, 0.1) is 22.1 Å². The van der Waals surface area contributed by atoms with E-state index in [1.54, 1.807) is 0 Å². The van der Waals surface area contributed by atoms with E-state index >= 15 is 0 Å². The van der Waals surface area contributed by atoms with Gasteiger partial charge in [-0.3, -0.25) is 0 Å². The van der Waals surface area contributed by atoms with Crippen molar-refractivity contribution in [1.82, 2.24) is 8.97 Å². The van der Waals surface area contributed by atoms with Gasteiger partial charge in [-0.05, 0) is 45.8 Å². The number of aromatic nitrogens is 2. The lowest BCUT2D eigenvalue weighted by Gasteiger charge is -2.06. The van der Waals surface area contributed by atoms with Crippen LogP contribution in [-0.4, -0.2) is 8.97 Å². The van der Waals surface area contributed by atoms with Crippen LogP contribution < -0.4 is 0 Å². The van der Waals surface area contributed by atoms with Crippen LogP contribution in [0, 0.1) is 0 Å². The molecule has 0 unspecified atom stereocenters. The average Bonchev–Trinajstić information content (AvgIpc) is 3.37. The monoisotopic (exact) mass is 444 g/mol. The van der Waals surface area contributed by atoms with E-state index in [9.17, 15) is 0 Å². The van der Waals surface area contributed by atoms with Crippen LogP contribution in [-0.2, 0) is 7.05 Å². The summed E-state index contributed by atoms with van der Waals surface area (Å²) in [4.78, 5) is 0. The number of rotatable bonds is 0. The third-order valence-corrected chi connectivity index (χ3v) is 8.21. The molecule has 3 aromatic heterocycles. The van der Waals surface area contributed by atoms with Gasteiger partial charge in [-0.15, -0.1) is 0 Å². The van der Waals surface area contributed by atoms with E-state index in [2.05, 4.69) is 119 Å². The van der Waals surface area contributed by atoms with Crippen molar-refractivity contribution in [2.24, 2.45) is 7.05 Å². The van der Waals surface area contributed by atoms with Crippen LogP contribution in [0.5, 0.6) is 0 Å². The summed E-state index contributed by atoms with van der Waals surface area (Å²) in [5.74, 6) is 0. The first kappa shape index (κ1) is 17.9. The normalized spacial score (nSPS) is 12.7. The van der Waals surface area contributed by atoms with Gasteiger partial charge in [-0.1, -0.05) is 78.9 Å². The fourth-order valence-corrected chi connectivity index (χ4v) is 6.78. The molecule has 0 saturated carbocycles. The van der Waals surface area contributed by atoms with E-state index in [1.807, 2.05) is 0 Å². The minimum Gasteiger partial charge on any atom is -0.344 e. The van der Waals surface area contributed by atoms with E-state index in [-0.39, 0.29) is 0 Å². The molecular formula is C33H20N2. The molecule has 0 N–H and O–H groups in total. The first-order valence-electron chi connectivity index (χ1n) is 12.2. The summed E-state index contributed by atoms with van der Waals surface area (Å²) in [6.07, 6.45) is 0. The molecule has 0 aliphatic heterocycles. The molecule has 0 aliphatic rings. The molecule has 3 heterocycles. The van der Waals surface area contributed by atoms with E-state index in [4.69, 9.17) is 0 Å². The van der Waals surface area contributed by atoms with Crippen LogP contribution in [0.1, 0.15) is 0 Å². The van der Waals surface area contributed by atoms with Gasteiger partial charge in [0, 0.05) is 44.9 Å². The molecule has 0 spiro atoms. The Bertz CT molecular complexity index is 2330. The van der Waals surface area contributed by atoms with E-state index in [1.165, 1.54) is 81.4 Å². The maximum absolute atomic E-state index is 2.57. The zero-order valence-corrected chi connectivity index (χ0v) is 19.2. The van der Waals surface area contributed by atoms with Crippen molar-refractivity contribution in [3.63, 3.8) is 0 Å². The van der Waals surface area contributed by atoms with Crippen molar-refractivity contribution in [3.05, 3.63) is 103 Å². The summed E-state index contributed by atoms with van der Waals surface area (Å²) in [5.41, 5.74) is 6.44. The van der Waals surface area contributed by atoms with Crippen LogP contribution in [0.15, 0.2) is 103 Å². The highest BCUT2D eigenvalue weighted by atomic mass is 15.0. The molecule has 9 rings (SSSR count). The summed E-state index contributed by atoms with van der Waals surface area (Å²) in [6, 6.07) is 38.3. The highest BCUT2D eigenvalue weighted by Crippen LogP contribution is 2.46. The molecule has 162 valence electrons. The molecule has 0 amide bonds. The molecule has 9 aromatic rings. The summed E-state index contributed by atoms with van der Waals surface area (Å²) >= 11 is 0. The van der Waals surface area contributed by atoms with Crippen molar-refractivity contribution in [3.8, 4) is 0 Å². The zero-order valence-electron chi connectivity index (χ0n) is 19.2. The van der Waals surface area contributed by atoms with E-state index in [0.29, 0.717) is 0 Å². The molecule has 0 fully saturated rings. The summed E-state index contributed by atoms with van der Waals surface area (Å²) < 4.78 is 4.92. The van der Waals surface area contributed by atoms with E-state index in [0.717, 1.165) is 0 Å². The lowest BCUT2D eigenvalue weighted by atomic mass is 9.97. The Morgan fingerprint density at radius 2 is 1.11 bits per heavy atom. The van der Waals surface area contributed by atoms with Gasteiger partial charge in [-0.25, -0.2) is 0 Å². The van der Waals surface area contributed by atoms with Crippen molar-refractivity contribution in [2.45, 2.75) is 0 Å². The molecule has 2 heteroatoms. The Labute approximate surface area is 200 Å². The predicted molar refractivity (Wildman–Crippen MR) is 150 cm³/mol. The van der Waals surface area contributed by atoms with Gasteiger partial charge >= 0.3 is 0 Å². The maximum Gasteiger partial charge on any atom is 0.0626 e. The highest BCUT2D eigenvalue weighted by molar-refractivity contribution is 6.36. The smallest absolute Gasteiger partial charge is 0.0626 e. The fraction of sp³-hybridized carbons (Fsp3) is 0.0303. The molecule has 0 radical (unpaired) electrons. The number of benzene rings is 6. The molecule has 0 aliphatic carbocycles. The minimum atomic E-state index is 1.27. The van der Waals surface area contributed by atoms with Gasteiger partial charge in [0.1, 0.15) is 0 Å². The first-order chi connectivity index (χ1) is 17.3. The number of aryl methyl sites for hydroxylation is 1. The van der Waals surface area contributed by atoms with Crippen LogP contribution >= 0.6 is 0 Å². The van der Waals surface area contributed by atoms with Crippen LogP contribution in [0.4, 0.5) is 0 Å². The van der Waals surface area contributed by atoms with Gasteiger partial charge in [-0.2, -0.15) is 0 Å². The third-order valence-electron chi connectivity index (χ3n) is 8.21. The average molecular weight is 445 g/mol. The van der Waals surface area contributed by atoms with Crippen molar-refractivity contribution < 1.29 is 0 Å². The Morgan fingerprint density at radius 3 is 2.00 bits per heavy atom. The molecule has 35 heavy (non-hydrogen) atoms. The molecule has 0 bridgehead atoms. The molecule has 0 saturated heterocycles. The van der Waals surface area contributed by atoms with Crippen LogP contribution in [0.3, 0.4) is 0 Å². The van der Waals surface area contributed by atoms with Gasteiger partial charge in [0.2, 0.25) is 0 Å². The largest absolute Gasteiger partial charge is 0.344 e.